The zero-order valence-corrected chi connectivity index (χ0v) is 9.13. The van der Waals surface area contributed by atoms with E-state index in [-0.39, 0.29) is 29.6 Å². The Balaban J connectivity index is 0. The van der Waals surface area contributed by atoms with Crippen LogP contribution >= 0.6 is 0 Å². The van der Waals surface area contributed by atoms with Crippen molar-refractivity contribution in [2.75, 3.05) is 19.8 Å². The molecule has 13 heavy (non-hydrogen) atoms. The molecule has 3 nitrogen and oxygen atoms in total. The molecule has 0 saturated heterocycles. The van der Waals surface area contributed by atoms with Crippen molar-refractivity contribution in [2.45, 2.75) is 20.8 Å². The third-order valence-electron chi connectivity index (χ3n) is 1.29. The van der Waals surface area contributed by atoms with Gasteiger partial charge in [-0.2, -0.15) is 0 Å². The molecule has 0 aromatic carbocycles. The molecular weight excluding hydrogens is 195 g/mol. The molecule has 0 N–H and O–H groups in total. The fourth-order valence-corrected chi connectivity index (χ4v) is 2.72. The van der Waals surface area contributed by atoms with E-state index >= 15 is 0 Å². The first-order chi connectivity index (χ1) is 5.74. The average Bonchev–Trinajstić information content (AvgIpc) is 2.06. The van der Waals surface area contributed by atoms with Gasteiger partial charge in [-0.3, -0.25) is 0 Å². The van der Waals surface area contributed by atoms with Crippen LogP contribution in [0.2, 0.25) is 0 Å². The van der Waals surface area contributed by atoms with Gasteiger partial charge in [-0.15, -0.1) is 0 Å². The zero-order valence-electron chi connectivity index (χ0n) is 8.13. The quantitative estimate of drug-likeness (QED) is 0.594. The van der Waals surface area contributed by atoms with Crippen LogP contribution in [-0.2, 0) is 13.3 Å². The molecule has 0 atom stereocenters. The maximum atomic E-state index is 5.44. The number of hydrogen-bond donors (Lipinski definition) is 0. The van der Waals surface area contributed by atoms with Crippen molar-refractivity contribution >= 4 is 38.4 Å². The third kappa shape index (κ3) is 6.01. The topological polar surface area (TPSA) is 27.7 Å². The SMILES string of the molecule is C=C[Si](OCC)(OCC)OCC.[NaH]. The molecule has 74 valence electrons. The first-order valence-electron chi connectivity index (χ1n) is 4.30. The van der Waals surface area contributed by atoms with Gasteiger partial charge in [-0.05, 0) is 26.5 Å². The van der Waals surface area contributed by atoms with Crippen molar-refractivity contribution in [1.29, 1.82) is 0 Å². The second kappa shape index (κ2) is 9.39. The van der Waals surface area contributed by atoms with Gasteiger partial charge in [0.05, 0.1) is 0 Å². The van der Waals surface area contributed by atoms with E-state index in [2.05, 4.69) is 6.58 Å². The van der Waals surface area contributed by atoms with Gasteiger partial charge in [0.1, 0.15) is 0 Å². The molecule has 0 rings (SSSR count). The Labute approximate surface area is 104 Å². The van der Waals surface area contributed by atoms with E-state index in [0.717, 1.165) is 0 Å². The summed E-state index contributed by atoms with van der Waals surface area (Å²) in [5, 5.41) is 0. The number of hydrogen-bond acceptors (Lipinski definition) is 3. The molecule has 0 aliphatic heterocycles. The molecule has 0 saturated carbocycles. The van der Waals surface area contributed by atoms with Crippen LogP contribution in [0.4, 0.5) is 0 Å². The Morgan fingerprint density at radius 1 is 1.00 bits per heavy atom. The Morgan fingerprint density at radius 2 is 1.31 bits per heavy atom. The summed E-state index contributed by atoms with van der Waals surface area (Å²) in [5.41, 5.74) is 1.67. The zero-order chi connectivity index (χ0) is 9.45. The summed E-state index contributed by atoms with van der Waals surface area (Å²) in [6.45, 7) is 11.2. The Kier molecular flexibility index (Phi) is 11.8. The molecule has 0 unspecified atom stereocenters. The predicted octanol–water partition coefficient (Wildman–Crippen LogP) is 1.11. The molecule has 0 bridgehead atoms. The summed E-state index contributed by atoms with van der Waals surface area (Å²) in [7, 11) is -2.51. The molecule has 0 aromatic heterocycles. The van der Waals surface area contributed by atoms with Crippen LogP contribution in [-0.4, -0.2) is 58.2 Å². The second-order valence-corrected chi connectivity index (χ2v) is 4.59. The Hall–Kier alpha value is 0.837. The van der Waals surface area contributed by atoms with Gasteiger partial charge in [-0.25, -0.2) is 0 Å². The summed E-state index contributed by atoms with van der Waals surface area (Å²) in [6.07, 6.45) is 0. The van der Waals surface area contributed by atoms with Gasteiger partial charge in [0.2, 0.25) is 0 Å². The Morgan fingerprint density at radius 3 is 1.46 bits per heavy atom. The van der Waals surface area contributed by atoms with E-state index in [1.54, 1.807) is 5.70 Å². The monoisotopic (exact) mass is 214 g/mol. The molecule has 0 aliphatic rings. The van der Waals surface area contributed by atoms with Crippen LogP contribution in [0, 0.1) is 0 Å². The average molecular weight is 214 g/mol. The van der Waals surface area contributed by atoms with Gasteiger partial charge < -0.3 is 13.3 Å². The molecule has 5 heteroatoms. The minimum atomic E-state index is -2.51. The van der Waals surface area contributed by atoms with E-state index in [1.807, 2.05) is 20.8 Å². The molecule has 0 amide bonds. The Bertz CT molecular complexity index is 116. The van der Waals surface area contributed by atoms with Gasteiger partial charge >= 0.3 is 38.4 Å². The predicted molar refractivity (Wildman–Crippen MR) is 58.0 cm³/mol. The third-order valence-corrected chi connectivity index (χ3v) is 3.86. The summed E-state index contributed by atoms with van der Waals surface area (Å²) in [4.78, 5) is 0. The first kappa shape index (κ1) is 16.3. The van der Waals surface area contributed by atoms with Gasteiger partial charge in [-0.1, -0.05) is 6.58 Å². The maximum absolute atomic E-state index is 5.44. The molecule has 0 spiro atoms. The molecule has 0 radical (unpaired) electrons. The van der Waals surface area contributed by atoms with E-state index in [1.165, 1.54) is 0 Å². The van der Waals surface area contributed by atoms with Crippen molar-refractivity contribution in [2.24, 2.45) is 0 Å². The van der Waals surface area contributed by atoms with Gasteiger partial charge in [0.15, 0.2) is 0 Å². The summed E-state index contributed by atoms with van der Waals surface area (Å²) >= 11 is 0. The van der Waals surface area contributed by atoms with Crippen molar-refractivity contribution in [3.63, 3.8) is 0 Å². The van der Waals surface area contributed by atoms with Crippen LogP contribution < -0.4 is 0 Å². The first-order valence-corrected chi connectivity index (χ1v) is 6.10. The summed E-state index contributed by atoms with van der Waals surface area (Å²) < 4.78 is 16.3. The molecule has 0 heterocycles. The fraction of sp³-hybridized carbons (Fsp3) is 0.750. The number of rotatable bonds is 7. The molecule has 0 aromatic rings. The van der Waals surface area contributed by atoms with Crippen LogP contribution in [0.15, 0.2) is 12.3 Å². The molecular formula is C8H19NaO3Si. The summed E-state index contributed by atoms with van der Waals surface area (Å²) in [6, 6.07) is 0. The fourth-order valence-electron chi connectivity index (χ4n) is 0.905. The van der Waals surface area contributed by atoms with E-state index in [4.69, 9.17) is 13.3 Å². The molecule has 0 fully saturated rings. The van der Waals surface area contributed by atoms with Crippen LogP contribution in [0.5, 0.6) is 0 Å². The van der Waals surface area contributed by atoms with Crippen LogP contribution in [0.3, 0.4) is 0 Å². The van der Waals surface area contributed by atoms with Crippen LogP contribution in [0.1, 0.15) is 20.8 Å². The van der Waals surface area contributed by atoms with Crippen molar-refractivity contribution < 1.29 is 13.3 Å². The second-order valence-electron chi connectivity index (χ2n) is 2.11. The molecule has 0 aliphatic carbocycles. The standard InChI is InChI=1S/C8H18O3Si.Na.H/c1-5-9-12(8-4,10-6-2)11-7-3;;/h8H,4-7H2,1-3H3;;. The van der Waals surface area contributed by atoms with Crippen molar-refractivity contribution in [3.05, 3.63) is 12.3 Å². The van der Waals surface area contributed by atoms with Crippen molar-refractivity contribution in [1.82, 2.24) is 0 Å². The minimum absolute atomic E-state index is 0. The van der Waals surface area contributed by atoms with E-state index in [0.29, 0.717) is 19.8 Å². The van der Waals surface area contributed by atoms with E-state index < -0.39 is 8.80 Å². The normalized spacial score (nSPS) is 10.7. The van der Waals surface area contributed by atoms with E-state index in [9.17, 15) is 0 Å². The van der Waals surface area contributed by atoms with Crippen LogP contribution in [0.25, 0.3) is 0 Å². The van der Waals surface area contributed by atoms with Gasteiger partial charge in [0.25, 0.3) is 0 Å². The van der Waals surface area contributed by atoms with Crippen molar-refractivity contribution in [3.8, 4) is 0 Å². The summed E-state index contributed by atoms with van der Waals surface area (Å²) in [5.74, 6) is 0. The van der Waals surface area contributed by atoms with Gasteiger partial charge in [0, 0.05) is 19.8 Å².